The van der Waals surface area contributed by atoms with Crippen LogP contribution in [0.1, 0.15) is 37.3 Å². The van der Waals surface area contributed by atoms with E-state index in [9.17, 15) is 4.79 Å². The summed E-state index contributed by atoms with van der Waals surface area (Å²) >= 11 is 0. The van der Waals surface area contributed by atoms with Gasteiger partial charge in [-0.05, 0) is 36.8 Å². The molecule has 1 amide bonds. The van der Waals surface area contributed by atoms with Crippen LogP contribution in [0.25, 0.3) is 0 Å². The number of morpholine rings is 1. The molecular weight excluding hydrogens is 288 g/mol. The average molecular weight is 316 g/mol. The number of nitrogens with one attached hydrogen (secondary N) is 1. The molecule has 0 radical (unpaired) electrons. The van der Waals surface area contributed by atoms with E-state index in [2.05, 4.69) is 41.4 Å². The number of fused-ring (bicyclic) bond motifs is 1. The number of nitrogens with zero attached hydrogens (tertiary/aromatic N) is 1. The molecule has 1 aliphatic heterocycles. The second-order valence-corrected chi connectivity index (χ2v) is 6.65. The van der Waals surface area contributed by atoms with Crippen LogP contribution in [-0.2, 0) is 22.4 Å². The fourth-order valence-corrected chi connectivity index (χ4v) is 3.76. The van der Waals surface area contributed by atoms with E-state index in [0.717, 1.165) is 45.3 Å². The van der Waals surface area contributed by atoms with Gasteiger partial charge in [-0.3, -0.25) is 4.79 Å². The molecule has 0 saturated carbocycles. The zero-order valence-electron chi connectivity index (χ0n) is 14.1. The van der Waals surface area contributed by atoms with Crippen molar-refractivity contribution in [1.82, 2.24) is 10.2 Å². The summed E-state index contributed by atoms with van der Waals surface area (Å²) in [5.41, 5.74) is 2.86. The highest BCUT2D eigenvalue weighted by molar-refractivity contribution is 5.77. The van der Waals surface area contributed by atoms with Crippen molar-refractivity contribution in [2.45, 2.75) is 51.2 Å². The monoisotopic (exact) mass is 316 g/mol. The first-order valence-electron chi connectivity index (χ1n) is 8.96. The van der Waals surface area contributed by atoms with E-state index in [0.29, 0.717) is 19.1 Å². The van der Waals surface area contributed by atoms with Crippen LogP contribution < -0.4 is 5.32 Å². The lowest BCUT2D eigenvalue weighted by atomic mass is 9.87. The largest absolute Gasteiger partial charge is 0.375 e. The number of ether oxygens (including phenoxy) is 1. The molecule has 1 aliphatic carbocycles. The molecule has 2 aliphatic rings. The molecule has 0 aromatic heterocycles. The van der Waals surface area contributed by atoms with E-state index in [-0.39, 0.29) is 12.0 Å². The zero-order chi connectivity index (χ0) is 16.1. The van der Waals surface area contributed by atoms with Crippen LogP contribution in [0.3, 0.4) is 0 Å². The Bertz CT molecular complexity index is 526. The van der Waals surface area contributed by atoms with Crippen molar-refractivity contribution in [2.75, 3.05) is 26.2 Å². The highest BCUT2D eigenvalue weighted by Crippen LogP contribution is 2.25. The van der Waals surface area contributed by atoms with E-state index in [1.54, 1.807) is 0 Å². The Balaban J connectivity index is 1.65. The molecule has 1 heterocycles. The zero-order valence-corrected chi connectivity index (χ0v) is 14.1. The van der Waals surface area contributed by atoms with Gasteiger partial charge in [-0.1, -0.05) is 31.2 Å². The van der Waals surface area contributed by atoms with Crippen LogP contribution in [0.2, 0.25) is 0 Å². The number of hydrogen-bond donors (Lipinski definition) is 1. The van der Waals surface area contributed by atoms with Gasteiger partial charge in [-0.2, -0.15) is 0 Å². The molecule has 23 heavy (non-hydrogen) atoms. The Morgan fingerprint density at radius 1 is 1.35 bits per heavy atom. The molecule has 1 aromatic carbocycles. The van der Waals surface area contributed by atoms with Gasteiger partial charge in [0.15, 0.2) is 0 Å². The van der Waals surface area contributed by atoms with Gasteiger partial charge in [0, 0.05) is 25.7 Å². The van der Waals surface area contributed by atoms with E-state index in [1.165, 1.54) is 11.1 Å². The smallest absolute Gasteiger partial charge is 0.225 e. The third-order valence-electron chi connectivity index (χ3n) is 4.95. The van der Waals surface area contributed by atoms with E-state index in [1.807, 2.05) is 0 Å². The number of carbonyl (C=O) groups excluding carboxylic acids is 1. The highest BCUT2D eigenvalue weighted by atomic mass is 16.5. The molecule has 4 heteroatoms. The minimum atomic E-state index is 0.0338. The standard InChI is InChI=1S/C19H28N2O2/c1-2-10-21(19(22)13-18-14-20-9-11-23-18)17-8-7-15-5-3-4-6-16(15)12-17/h3-6,17-18,20H,2,7-14H2,1H3. The molecule has 2 atom stereocenters. The van der Waals surface area contributed by atoms with Gasteiger partial charge in [0.2, 0.25) is 5.91 Å². The summed E-state index contributed by atoms with van der Waals surface area (Å²) < 4.78 is 5.71. The first-order chi connectivity index (χ1) is 11.3. The molecule has 0 spiro atoms. The number of carbonyl (C=O) groups is 1. The van der Waals surface area contributed by atoms with Crippen molar-refractivity contribution in [3.63, 3.8) is 0 Å². The van der Waals surface area contributed by atoms with Crippen LogP contribution in [0.4, 0.5) is 0 Å². The predicted octanol–water partition coefficient (Wildman–Crippen LogP) is 2.16. The van der Waals surface area contributed by atoms with Crippen molar-refractivity contribution in [1.29, 1.82) is 0 Å². The van der Waals surface area contributed by atoms with Gasteiger partial charge >= 0.3 is 0 Å². The molecule has 3 rings (SSSR count). The topological polar surface area (TPSA) is 41.6 Å². The number of amides is 1. The molecule has 2 unspecified atom stereocenters. The Kier molecular flexibility index (Phi) is 5.68. The van der Waals surface area contributed by atoms with Crippen molar-refractivity contribution >= 4 is 5.91 Å². The maximum Gasteiger partial charge on any atom is 0.225 e. The van der Waals surface area contributed by atoms with Crippen molar-refractivity contribution in [3.8, 4) is 0 Å². The Morgan fingerprint density at radius 2 is 2.17 bits per heavy atom. The number of hydrogen-bond acceptors (Lipinski definition) is 3. The number of aryl methyl sites for hydroxylation is 1. The third kappa shape index (κ3) is 4.12. The molecule has 126 valence electrons. The fraction of sp³-hybridized carbons (Fsp3) is 0.632. The normalized spacial score (nSPS) is 24.0. The summed E-state index contributed by atoms with van der Waals surface area (Å²) in [6, 6.07) is 8.99. The molecule has 1 fully saturated rings. The summed E-state index contributed by atoms with van der Waals surface area (Å²) in [4.78, 5) is 14.9. The third-order valence-corrected chi connectivity index (χ3v) is 4.95. The molecular formula is C19H28N2O2. The van der Waals surface area contributed by atoms with Crippen LogP contribution in [0, 0.1) is 0 Å². The number of rotatable bonds is 5. The van der Waals surface area contributed by atoms with Gasteiger partial charge < -0.3 is 15.0 Å². The van der Waals surface area contributed by atoms with Gasteiger partial charge in [-0.15, -0.1) is 0 Å². The van der Waals surface area contributed by atoms with E-state index in [4.69, 9.17) is 4.74 Å². The molecule has 1 N–H and O–H groups in total. The first-order valence-corrected chi connectivity index (χ1v) is 8.96. The second kappa shape index (κ2) is 7.93. The van der Waals surface area contributed by atoms with Crippen LogP contribution in [0.15, 0.2) is 24.3 Å². The maximum absolute atomic E-state index is 12.8. The lowest BCUT2D eigenvalue weighted by molar-refractivity contribution is -0.137. The lowest BCUT2D eigenvalue weighted by Crippen LogP contribution is -2.47. The Morgan fingerprint density at radius 3 is 2.91 bits per heavy atom. The van der Waals surface area contributed by atoms with Gasteiger partial charge in [0.1, 0.15) is 0 Å². The summed E-state index contributed by atoms with van der Waals surface area (Å²) in [7, 11) is 0. The average Bonchev–Trinajstić information content (AvgIpc) is 2.60. The summed E-state index contributed by atoms with van der Waals surface area (Å²) in [6.07, 6.45) is 4.69. The van der Waals surface area contributed by atoms with Gasteiger partial charge in [-0.25, -0.2) is 0 Å². The van der Waals surface area contributed by atoms with E-state index >= 15 is 0 Å². The predicted molar refractivity (Wildman–Crippen MR) is 91.5 cm³/mol. The summed E-state index contributed by atoms with van der Waals surface area (Å²) in [5, 5.41) is 3.31. The first kappa shape index (κ1) is 16.5. The molecule has 1 aromatic rings. The SMILES string of the molecule is CCCN(C(=O)CC1CNCCO1)C1CCc2ccccc2C1. The molecule has 1 saturated heterocycles. The maximum atomic E-state index is 12.8. The lowest BCUT2D eigenvalue weighted by Gasteiger charge is -2.36. The number of benzene rings is 1. The quantitative estimate of drug-likeness (QED) is 0.905. The Labute approximate surface area is 139 Å². The van der Waals surface area contributed by atoms with Gasteiger partial charge in [0.05, 0.1) is 19.1 Å². The highest BCUT2D eigenvalue weighted by Gasteiger charge is 2.29. The van der Waals surface area contributed by atoms with Crippen molar-refractivity contribution < 1.29 is 9.53 Å². The summed E-state index contributed by atoms with van der Waals surface area (Å²) in [5.74, 6) is 0.255. The fourth-order valence-electron chi connectivity index (χ4n) is 3.76. The second-order valence-electron chi connectivity index (χ2n) is 6.65. The Hall–Kier alpha value is -1.39. The van der Waals surface area contributed by atoms with Crippen LogP contribution >= 0.6 is 0 Å². The van der Waals surface area contributed by atoms with Crippen LogP contribution in [0.5, 0.6) is 0 Å². The van der Waals surface area contributed by atoms with Crippen molar-refractivity contribution in [2.24, 2.45) is 0 Å². The molecule has 4 nitrogen and oxygen atoms in total. The van der Waals surface area contributed by atoms with Crippen molar-refractivity contribution in [3.05, 3.63) is 35.4 Å². The van der Waals surface area contributed by atoms with Gasteiger partial charge in [0.25, 0.3) is 0 Å². The van der Waals surface area contributed by atoms with E-state index < -0.39 is 0 Å². The minimum Gasteiger partial charge on any atom is -0.375 e. The summed E-state index contributed by atoms with van der Waals surface area (Å²) in [6.45, 7) is 5.39. The molecule has 0 bridgehead atoms. The minimum absolute atomic E-state index is 0.0338. The van der Waals surface area contributed by atoms with Crippen LogP contribution in [-0.4, -0.2) is 49.2 Å².